The molecule has 186 valence electrons. The molecule has 0 spiro atoms. The summed E-state index contributed by atoms with van der Waals surface area (Å²) in [4.78, 5) is 26.7. The van der Waals surface area contributed by atoms with Crippen LogP contribution in [-0.2, 0) is 27.2 Å². The fraction of sp³-hybridized carbons (Fsp3) is 0.500. The van der Waals surface area contributed by atoms with Crippen LogP contribution in [0.1, 0.15) is 47.0 Å². The van der Waals surface area contributed by atoms with E-state index >= 15 is 0 Å². The van der Waals surface area contributed by atoms with Gasteiger partial charge in [-0.05, 0) is 43.2 Å². The van der Waals surface area contributed by atoms with Crippen molar-refractivity contribution in [3.8, 4) is 5.88 Å². The molecule has 2 aliphatic rings. The highest BCUT2D eigenvalue weighted by Crippen LogP contribution is 2.34. The second-order valence-corrected chi connectivity index (χ2v) is 9.71. The molecule has 3 aromatic heterocycles. The quantitative estimate of drug-likeness (QED) is 0.320. The van der Waals surface area contributed by atoms with Crippen LogP contribution in [0.5, 0.6) is 5.88 Å². The number of ether oxygens (including phenoxy) is 4. The number of hydrogen-bond donors (Lipinski definition) is 0. The maximum Gasteiger partial charge on any atom is 0.348 e. The van der Waals surface area contributed by atoms with E-state index in [2.05, 4.69) is 20.6 Å². The normalized spacial score (nSPS) is 19.9. The number of aromatic nitrogens is 4. The van der Waals surface area contributed by atoms with E-state index in [0.717, 1.165) is 73.2 Å². The molecule has 5 rings (SSSR count). The van der Waals surface area contributed by atoms with Gasteiger partial charge in [0.25, 0.3) is 5.88 Å². The number of allylic oxidation sites excluding steroid dienone is 2. The molecule has 9 nitrogen and oxygen atoms in total. The molecule has 1 aliphatic carbocycles. The van der Waals surface area contributed by atoms with Crippen LogP contribution in [0, 0.1) is 11.7 Å². The highest BCUT2D eigenvalue weighted by atomic mass is 32.1. The number of methoxy groups -OCH3 is 2. The van der Waals surface area contributed by atoms with E-state index in [1.807, 2.05) is 6.07 Å². The van der Waals surface area contributed by atoms with E-state index in [1.165, 1.54) is 25.6 Å². The number of rotatable bonds is 9. The lowest BCUT2D eigenvalue weighted by Crippen LogP contribution is -2.32. The third-order valence-corrected chi connectivity index (χ3v) is 7.39. The van der Waals surface area contributed by atoms with Crippen LogP contribution in [0.2, 0.25) is 0 Å². The molecule has 0 saturated carbocycles. The highest BCUT2D eigenvalue weighted by molar-refractivity contribution is 7.20. The average molecular weight is 503 g/mol. The summed E-state index contributed by atoms with van der Waals surface area (Å²) in [5.74, 6) is 0.832. The second kappa shape index (κ2) is 10.4. The van der Waals surface area contributed by atoms with Gasteiger partial charge in [0.1, 0.15) is 15.5 Å². The Bertz CT molecular complexity index is 1250. The molecular weight excluding hydrogens is 475 g/mol. The van der Waals surface area contributed by atoms with Crippen LogP contribution in [0.25, 0.3) is 15.9 Å². The van der Waals surface area contributed by atoms with Gasteiger partial charge in [-0.25, -0.2) is 14.8 Å². The summed E-state index contributed by atoms with van der Waals surface area (Å²) in [7, 11) is 2.85. The third kappa shape index (κ3) is 5.07. The minimum Gasteiger partial charge on any atom is -0.465 e. The first-order chi connectivity index (χ1) is 17.1. The molecule has 1 saturated heterocycles. The van der Waals surface area contributed by atoms with Crippen LogP contribution in [-0.4, -0.2) is 59.2 Å². The lowest BCUT2D eigenvalue weighted by atomic mass is 9.87. The van der Waals surface area contributed by atoms with Crippen LogP contribution in [0.3, 0.4) is 0 Å². The lowest BCUT2D eigenvalue weighted by molar-refractivity contribution is -0.0590. The van der Waals surface area contributed by atoms with E-state index in [1.54, 1.807) is 0 Å². The summed E-state index contributed by atoms with van der Waals surface area (Å²) < 4.78 is 36.7. The van der Waals surface area contributed by atoms with Crippen molar-refractivity contribution in [2.75, 3.05) is 27.6 Å². The van der Waals surface area contributed by atoms with Crippen LogP contribution >= 0.6 is 11.3 Å². The molecular formula is C24H27FN4O5S. The van der Waals surface area contributed by atoms with Crippen molar-refractivity contribution in [1.29, 1.82) is 0 Å². The third-order valence-electron chi connectivity index (χ3n) is 6.40. The van der Waals surface area contributed by atoms with Crippen molar-refractivity contribution in [2.24, 2.45) is 5.92 Å². The standard InChI is InChI=1S/C24H27FN4O5S/c1-31-13-34-22-17(25)11-26-21(28-22)15-5-3-14(4-6-15)9-20-27-23-18(10-19(35-23)24(30)32-2)29(20)12-16-7-8-33-16/h5,10-11,14,16H,3-4,6-9,12-13H2,1-2H3. The van der Waals surface area contributed by atoms with Gasteiger partial charge in [-0.15, -0.1) is 11.3 Å². The zero-order valence-electron chi connectivity index (χ0n) is 19.7. The monoisotopic (exact) mass is 502 g/mol. The van der Waals surface area contributed by atoms with E-state index in [9.17, 15) is 9.18 Å². The van der Waals surface area contributed by atoms with Gasteiger partial charge in [0.2, 0.25) is 5.82 Å². The van der Waals surface area contributed by atoms with Crippen molar-refractivity contribution in [2.45, 2.75) is 44.8 Å². The summed E-state index contributed by atoms with van der Waals surface area (Å²) in [6, 6.07) is 1.87. The SMILES string of the molecule is COCOc1nc(C2=CCC(Cc3nc4sc(C(=O)OC)cc4n3CC3CCO3)CC2)ncc1F. The molecule has 3 aromatic rings. The number of halogens is 1. The number of thiophene rings is 1. The van der Waals surface area contributed by atoms with Gasteiger partial charge >= 0.3 is 5.97 Å². The Morgan fingerprint density at radius 1 is 1.31 bits per heavy atom. The minimum atomic E-state index is -0.613. The Kier molecular flexibility index (Phi) is 7.07. The number of nitrogens with zero attached hydrogens (tertiary/aromatic N) is 4. The van der Waals surface area contributed by atoms with Crippen LogP contribution in [0.15, 0.2) is 18.3 Å². The van der Waals surface area contributed by atoms with Gasteiger partial charge < -0.3 is 23.5 Å². The first-order valence-corrected chi connectivity index (χ1v) is 12.4. The first-order valence-electron chi connectivity index (χ1n) is 11.6. The number of imidazole rings is 1. The fourth-order valence-corrected chi connectivity index (χ4v) is 5.38. The summed E-state index contributed by atoms with van der Waals surface area (Å²) >= 11 is 1.36. The number of hydrogen-bond acceptors (Lipinski definition) is 9. The largest absolute Gasteiger partial charge is 0.465 e. The molecule has 0 radical (unpaired) electrons. The number of carbonyl (C=O) groups is 1. The number of esters is 1. The summed E-state index contributed by atoms with van der Waals surface area (Å²) in [6.07, 6.45) is 7.85. The molecule has 0 aromatic carbocycles. The summed E-state index contributed by atoms with van der Waals surface area (Å²) in [6.45, 7) is 1.44. The van der Waals surface area contributed by atoms with Crippen LogP contribution < -0.4 is 4.74 Å². The average Bonchev–Trinajstić information content (AvgIpc) is 3.39. The molecule has 2 unspecified atom stereocenters. The van der Waals surface area contributed by atoms with Gasteiger partial charge in [-0.1, -0.05) is 6.08 Å². The van der Waals surface area contributed by atoms with E-state index < -0.39 is 5.82 Å². The smallest absolute Gasteiger partial charge is 0.348 e. The highest BCUT2D eigenvalue weighted by Gasteiger charge is 2.26. The molecule has 4 heterocycles. The van der Waals surface area contributed by atoms with Gasteiger partial charge in [0, 0.05) is 20.1 Å². The van der Waals surface area contributed by atoms with Gasteiger partial charge in [-0.2, -0.15) is 9.37 Å². The molecule has 2 atom stereocenters. The topological polar surface area (TPSA) is 97.6 Å². The van der Waals surface area contributed by atoms with E-state index in [4.69, 9.17) is 23.9 Å². The fourth-order valence-electron chi connectivity index (χ4n) is 4.41. The van der Waals surface area contributed by atoms with E-state index in [-0.39, 0.29) is 24.7 Å². The predicted molar refractivity (Wildman–Crippen MR) is 127 cm³/mol. The number of fused-ring (bicyclic) bond motifs is 1. The van der Waals surface area contributed by atoms with Gasteiger partial charge in [0.05, 0.1) is 31.5 Å². The minimum absolute atomic E-state index is 0.0778. The maximum absolute atomic E-state index is 13.9. The molecule has 0 amide bonds. The Labute approximate surface area is 205 Å². The summed E-state index contributed by atoms with van der Waals surface area (Å²) in [5, 5.41) is 0. The van der Waals surface area contributed by atoms with Crippen molar-refractivity contribution in [1.82, 2.24) is 19.5 Å². The summed E-state index contributed by atoms with van der Waals surface area (Å²) in [5.41, 5.74) is 1.94. The molecule has 11 heteroatoms. The van der Waals surface area contributed by atoms with Gasteiger partial charge in [-0.3, -0.25) is 0 Å². The molecule has 1 fully saturated rings. The predicted octanol–water partition coefficient (Wildman–Crippen LogP) is 4.01. The Balaban J connectivity index is 1.32. The van der Waals surface area contributed by atoms with Crippen molar-refractivity contribution < 1.29 is 28.1 Å². The molecule has 0 bridgehead atoms. The van der Waals surface area contributed by atoms with Crippen molar-refractivity contribution in [3.63, 3.8) is 0 Å². The molecule has 1 aliphatic heterocycles. The van der Waals surface area contributed by atoms with Crippen molar-refractivity contribution >= 4 is 33.2 Å². The van der Waals surface area contributed by atoms with E-state index in [0.29, 0.717) is 16.6 Å². The maximum atomic E-state index is 13.9. The second-order valence-electron chi connectivity index (χ2n) is 8.68. The zero-order valence-corrected chi connectivity index (χ0v) is 20.5. The zero-order chi connectivity index (χ0) is 24.4. The molecule has 35 heavy (non-hydrogen) atoms. The first kappa shape index (κ1) is 23.8. The number of carbonyl (C=O) groups excluding carboxylic acids is 1. The lowest BCUT2D eigenvalue weighted by Gasteiger charge is -2.28. The molecule has 0 N–H and O–H groups in total. The Morgan fingerprint density at radius 2 is 2.17 bits per heavy atom. The Hall–Kier alpha value is -2.89. The van der Waals surface area contributed by atoms with Crippen LogP contribution in [0.4, 0.5) is 4.39 Å². The van der Waals surface area contributed by atoms with Crippen molar-refractivity contribution in [3.05, 3.63) is 40.7 Å². The Morgan fingerprint density at radius 3 is 2.86 bits per heavy atom. The van der Waals surface area contributed by atoms with Gasteiger partial charge in [0.15, 0.2) is 12.6 Å².